The largest absolute Gasteiger partial charge is 0.481 e. The molecular weight excluding hydrogens is 314 g/mol. The summed E-state index contributed by atoms with van der Waals surface area (Å²) in [5, 5.41) is 9.03. The third-order valence-electron chi connectivity index (χ3n) is 4.35. The van der Waals surface area contributed by atoms with Crippen molar-refractivity contribution < 1.29 is 19.1 Å². The lowest BCUT2D eigenvalue weighted by Crippen LogP contribution is -2.39. The van der Waals surface area contributed by atoms with Crippen LogP contribution < -0.4 is 0 Å². The Labute approximate surface area is 118 Å². The number of halogens is 1. The molecule has 102 valence electrons. The van der Waals surface area contributed by atoms with Gasteiger partial charge in [0.1, 0.15) is 6.26 Å². The van der Waals surface area contributed by atoms with Gasteiger partial charge in [-0.1, -0.05) is 0 Å². The van der Waals surface area contributed by atoms with Gasteiger partial charge >= 0.3 is 5.97 Å². The molecule has 1 saturated carbocycles. The van der Waals surface area contributed by atoms with Gasteiger partial charge in [0.2, 0.25) is 0 Å². The van der Waals surface area contributed by atoms with E-state index in [4.69, 9.17) is 9.52 Å². The second-order valence-electron chi connectivity index (χ2n) is 5.39. The molecule has 1 atom stereocenters. The van der Waals surface area contributed by atoms with E-state index in [0.29, 0.717) is 23.3 Å². The Morgan fingerprint density at radius 1 is 1.42 bits per heavy atom. The fourth-order valence-corrected chi connectivity index (χ4v) is 3.35. The van der Waals surface area contributed by atoms with Crippen molar-refractivity contribution in [2.24, 2.45) is 11.3 Å². The molecule has 3 rings (SSSR count). The zero-order valence-electron chi connectivity index (χ0n) is 10.3. The van der Waals surface area contributed by atoms with Crippen LogP contribution in [-0.2, 0) is 4.79 Å². The van der Waals surface area contributed by atoms with Crippen LogP contribution in [0.2, 0.25) is 0 Å². The number of furan rings is 1. The molecule has 1 aromatic heterocycles. The molecule has 2 aliphatic rings. The maximum absolute atomic E-state index is 12.2. The summed E-state index contributed by atoms with van der Waals surface area (Å²) in [5.41, 5.74) is 0.493. The third-order valence-corrected chi connectivity index (χ3v) is 4.76. The lowest BCUT2D eigenvalue weighted by Gasteiger charge is -2.32. The minimum atomic E-state index is -0.696. The molecule has 0 aromatic carbocycles. The molecule has 2 heterocycles. The monoisotopic (exact) mass is 327 g/mol. The van der Waals surface area contributed by atoms with E-state index >= 15 is 0 Å². The molecule has 1 unspecified atom stereocenters. The van der Waals surface area contributed by atoms with E-state index < -0.39 is 5.97 Å². The van der Waals surface area contributed by atoms with Crippen molar-refractivity contribution in [2.45, 2.75) is 19.3 Å². The van der Waals surface area contributed by atoms with Gasteiger partial charge in [-0.25, -0.2) is 0 Å². The average molecular weight is 328 g/mol. The van der Waals surface area contributed by atoms with E-state index in [9.17, 15) is 9.59 Å². The van der Waals surface area contributed by atoms with E-state index in [0.717, 1.165) is 19.3 Å². The second-order valence-corrected chi connectivity index (χ2v) is 6.17. The van der Waals surface area contributed by atoms with Crippen LogP contribution in [-0.4, -0.2) is 35.0 Å². The topological polar surface area (TPSA) is 70.8 Å². The first-order valence-corrected chi connectivity index (χ1v) is 7.07. The van der Waals surface area contributed by atoms with Gasteiger partial charge in [-0.3, -0.25) is 9.59 Å². The number of aliphatic carboxylic acids is 1. The Hall–Kier alpha value is -1.30. The summed E-state index contributed by atoms with van der Waals surface area (Å²) in [4.78, 5) is 24.9. The summed E-state index contributed by atoms with van der Waals surface area (Å²) >= 11 is 3.17. The lowest BCUT2D eigenvalue weighted by atomic mass is 9.90. The summed E-state index contributed by atoms with van der Waals surface area (Å²) in [7, 11) is 0. The van der Waals surface area contributed by atoms with Gasteiger partial charge in [0.05, 0.1) is 11.5 Å². The van der Waals surface area contributed by atoms with Gasteiger partial charge in [-0.05, 0) is 40.6 Å². The van der Waals surface area contributed by atoms with Crippen LogP contribution in [0.4, 0.5) is 0 Å². The number of carboxylic acid groups (broad SMARTS) is 1. The zero-order valence-corrected chi connectivity index (χ0v) is 11.9. The fraction of sp³-hybridized carbons (Fsp3) is 0.538. The van der Waals surface area contributed by atoms with Gasteiger partial charge in [0.15, 0.2) is 4.67 Å². The van der Waals surface area contributed by atoms with E-state index in [1.165, 1.54) is 6.26 Å². The summed E-state index contributed by atoms with van der Waals surface area (Å²) in [6, 6.07) is 1.66. The van der Waals surface area contributed by atoms with Crippen molar-refractivity contribution in [3.63, 3.8) is 0 Å². The Morgan fingerprint density at radius 2 is 2.11 bits per heavy atom. The molecule has 1 spiro atoms. The molecule has 19 heavy (non-hydrogen) atoms. The number of hydrogen-bond donors (Lipinski definition) is 1. The SMILES string of the molecule is O=C(O)C1CC12CCN(C(=O)c1coc(Br)c1)CC2. The van der Waals surface area contributed by atoms with Crippen LogP contribution in [0.25, 0.3) is 0 Å². The molecule has 1 N–H and O–H groups in total. The van der Waals surface area contributed by atoms with Gasteiger partial charge in [0.25, 0.3) is 5.91 Å². The van der Waals surface area contributed by atoms with Crippen LogP contribution in [0.15, 0.2) is 21.4 Å². The predicted molar refractivity (Wildman–Crippen MR) is 69.7 cm³/mol. The average Bonchev–Trinajstić information content (AvgIpc) is 2.91. The summed E-state index contributed by atoms with van der Waals surface area (Å²) in [5.74, 6) is -0.941. The lowest BCUT2D eigenvalue weighted by molar-refractivity contribution is -0.139. The highest BCUT2D eigenvalue weighted by molar-refractivity contribution is 9.10. The number of piperidine rings is 1. The number of hydrogen-bond acceptors (Lipinski definition) is 3. The first-order valence-electron chi connectivity index (χ1n) is 6.28. The zero-order chi connectivity index (χ0) is 13.6. The molecule has 1 aliphatic carbocycles. The highest BCUT2D eigenvalue weighted by Gasteiger charge is 2.59. The Balaban J connectivity index is 1.62. The predicted octanol–water partition coefficient (Wildman–Crippen LogP) is 2.37. The van der Waals surface area contributed by atoms with Crippen LogP contribution in [0.3, 0.4) is 0 Å². The van der Waals surface area contributed by atoms with Crippen molar-refractivity contribution in [2.75, 3.05) is 13.1 Å². The number of carbonyl (C=O) groups excluding carboxylic acids is 1. The van der Waals surface area contributed by atoms with Crippen molar-refractivity contribution in [3.05, 3.63) is 22.6 Å². The van der Waals surface area contributed by atoms with Gasteiger partial charge in [0, 0.05) is 19.2 Å². The van der Waals surface area contributed by atoms with E-state index in [1.54, 1.807) is 11.0 Å². The molecular formula is C13H14BrNO4. The molecule has 2 fully saturated rings. The Bertz CT molecular complexity index is 531. The Kier molecular flexibility index (Phi) is 2.92. The maximum atomic E-state index is 12.2. The number of carbonyl (C=O) groups is 2. The first kappa shape index (κ1) is 12.7. The Morgan fingerprint density at radius 3 is 2.58 bits per heavy atom. The second kappa shape index (κ2) is 4.37. The molecule has 0 radical (unpaired) electrons. The molecule has 1 aromatic rings. The normalized spacial score (nSPS) is 24.5. The molecule has 6 heteroatoms. The van der Waals surface area contributed by atoms with Crippen LogP contribution in [0.5, 0.6) is 0 Å². The molecule has 5 nitrogen and oxygen atoms in total. The number of rotatable bonds is 2. The number of likely N-dealkylation sites (tertiary alicyclic amines) is 1. The molecule has 1 amide bonds. The van der Waals surface area contributed by atoms with Gasteiger partial charge in [-0.2, -0.15) is 0 Å². The van der Waals surface area contributed by atoms with Crippen LogP contribution in [0, 0.1) is 11.3 Å². The minimum absolute atomic E-state index is 0.0421. The molecule has 1 saturated heterocycles. The van der Waals surface area contributed by atoms with Crippen molar-refractivity contribution in [1.29, 1.82) is 0 Å². The summed E-state index contributed by atoms with van der Waals surface area (Å²) < 4.78 is 5.61. The van der Waals surface area contributed by atoms with E-state index in [-0.39, 0.29) is 17.2 Å². The van der Waals surface area contributed by atoms with Crippen molar-refractivity contribution >= 4 is 27.8 Å². The van der Waals surface area contributed by atoms with Gasteiger partial charge < -0.3 is 14.4 Å². The van der Waals surface area contributed by atoms with Crippen molar-refractivity contribution in [3.8, 4) is 0 Å². The summed E-state index contributed by atoms with van der Waals surface area (Å²) in [6.07, 6.45) is 3.78. The van der Waals surface area contributed by atoms with Crippen LogP contribution in [0.1, 0.15) is 29.6 Å². The van der Waals surface area contributed by atoms with Crippen molar-refractivity contribution in [1.82, 2.24) is 4.90 Å². The quantitative estimate of drug-likeness (QED) is 0.905. The third kappa shape index (κ3) is 2.18. The number of amides is 1. The molecule has 0 bridgehead atoms. The highest BCUT2D eigenvalue weighted by atomic mass is 79.9. The highest BCUT2D eigenvalue weighted by Crippen LogP contribution is 2.59. The minimum Gasteiger partial charge on any atom is -0.481 e. The van der Waals surface area contributed by atoms with Gasteiger partial charge in [-0.15, -0.1) is 0 Å². The number of carboxylic acids is 1. The van der Waals surface area contributed by atoms with E-state index in [1.807, 2.05) is 0 Å². The van der Waals surface area contributed by atoms with Crippen LogP contribution >= 0.6 is 15.9 Å². The fourth-order valence-electron chi connectivity index (χ4n) is 3.01. The van der Waals surface area contributed by atoms with E-state index in [2.05, 4.69) is 15.9 Å². The first-order chi connectivity index (χ1) is 9.02. The maximum Gasteiger partial charge on any atom is 0.307 e. The molecule has 1 aliphatic heterocycles. The summed E-state index contributed by atoms with van der Waals surface area (Å²) in [6.45, 7) is 1.26. The number of nitrogens with zero attached hydrogens (tertiary/aromatic N) is 1. The standard InChI is InChI=1S/C13H14BrNO4/c14-10-5-8(7-19-10)11(16)15-3-1-13(2-4-15)6-9(13)12(17)18/h5,7,9H,1-4,6H2,(H,17,18). The smallest absolute Gasteiger partial charge is 0.307 e.